The highest BCUT2D eigenvalue weighted by molar-refractivity contribution is 5.92. The Morgan fingerprint density at radius 3 is 2.28 bits per heavy atom. The summed E-state index contributed by atoms with van der Waals surface area (Å²) in [5.41, 5.74) is 2.15. The largest absolute Gasteiger partial charge is 0.336 e. The molecule has 0 spiro atoms. The molecule has 0 fully saturated rings. The third kappa shape index (κ3) is 3.49. The Morgan fingerprint density at radius 1 is 1.22 bits per heavy atom. The van der Waals surface area contributed by atoms with E-state index >= 15 is 0 Å². The number of urea groups is 1. The smallest absolute Gasteiger partial charge is 0.321 e. The van der Waals surface area contributed by atoms with Crippen molar-refractivity contribution in [2.24, 2.45) is 0 Å². The van der Waals surface area contributed by atoms with Crippen molar-refractivity contribution in [3.05, 3.63) is 29.8 Å². The molecule has 2 amide bonds. The van der Waals surface area contributed by atoms with Crippen LogP contribution in [-0.2, 0) is 5.41 Å². The first-order valence-corrected chi connectivity index (χ1v) is 6.37. The van der Waals surface area contributed by atoms with Crippen LogP contribution in [0.1, 0.15) is 40.2 Å². The van der Waals surface area contributed by atoms with Crippen LogP contribution in [0.4, 0.5) is 10.5 Å². The Morgan fingerprint density at radius 2 is 1.78 bits per heavy atom. The molecule has 1 rings (SSSR count). The average molecular weight is 248 g/mol. The molecule has 18 heavy (non-hydrogen) atoms. The van der Waals surface area contributed by atoms with Gasteiger partial charge in [-0.15, -0.1) is 0 Å². The number of nitrogens with one attached hydrogen (secondary N) is 1. The van der Waals surface area contributed by atoms with Gasteiger partial charge in [-0.1, -0.05) is 39.0 Å². The molecular formula is C15H24N2O. The number of rotatable bonds is 2. The molecule has 0 aromatic heterocycles. The summed E-state index contributed by atoms with van der Waals surface area (Å²) in [4.78, 5) is 13.7. The Kier molecular flexibility index (Phi) is 4.38. The van der Waals surface area contributed by atoms with E-state index in [1.807, 2.05) is 39.1 Å². The van der Waals surface area contributed by atoms with Gasteiger partial charge in [-0.3, -0.25) is 4.90 Å². The van der Waals surface area contributed by atoms with Crippen LogP contribution in [0.15, 0.2) is 24.3 Å². The van der Waals surface area contributed by atoms with E-state index in [-0.39, 0.29) is 17.5 Å². The van der Waals surface area contributed by atoms with Crippen molar-refractivity contribution >= 4 is 11.7 Å². The summed E-state index contributed by atoms with van der Waals surface area (Å²) in [6.07, 6.45) is 0. The molecule has 0 aliphatic heterocycles. The minimum Gasteiger partial charge on any atom is -0.336 e. The van der Waals surface area contributed by atoms with Crippen LogP contribution in [0.3, 0.4) is 0 Å². The van der Waals surface area contributed by atoms with Crippen LogP contribution < -0.4 is 10.2 Å². The second-order valence-electron chi connectivity index (χ2n) is 5.93. The first kappa shape index (κ1) is 14.6. The number of hydrogen-bond acceptors (Lipinski definition) is 1. The van der Waals surface area contributed by atoms with Gasteiger partial charge in [-0.2, -0.15) is 0 Å². The van der Waals surface area contributed by atoms with Crippen LogP contribution in [0, 0.1) is 0 Å². The molecule has 1 aromatic carbocycles. The Balaban J connectivity index is 3.06. The van der Waals surface area contributed by atoms with Gasteiger partial charge in [0.1, 0.15) is 0 Å². The van der Waals surface area contributed by atoms with Crippen molar-refractivity contribution in [1.29, 1.82) is 0 Å². The van der Waals surface area contributed by atoms with E-state index in [2.05, 4.69) is 32.2 Å². The fourth-order valence-electron chi connectivity index (χ4n) is 1.85. The van der Waals surface area contributed by atoms with Crippen LogP contribution in [-0.4, -0.2) is 19.1 Å². The van der Waals surface area contributed by atoms with Crippen molar-refractivity contribution in [2.45, 2.75) is 46.1 Å². The van der Waals surface area contributed by atoms with Crippen LogP contribution >= 0.6 is 0 Å². The maximum absolute atomic E-state index is 12.0. The predicted octanol–water partition coefficient (Wildman–Crippen LogP) is 3.54. The topological polar surface area (TPSA) is 32.3 Å². The maximum atomic E-state index is 12.0. The van der Waals surface area contributed by atoms with Crippen molar-refractivity contribution < 1.29 is 4.79 Å². The number of carbonyl (C=O) groups excluding carboxylic acids is 1. The van der Waals surface area contributed by atoms with E-state index in [0.29, 0.717) is 0 Å². The van der Waals surface area contributed by atoms with E-state index in [1.54, 1.807) is 4.90 Å². The molecule has 3 nitrogen and oxygen atoms in total. The maximum Gasteiger partial charge on any atom is 0.321 e. The summed E-state index contributed by atoms with van der Waals surface area (Å²) in [5.74, 6) is 0. The molecule has 0 radical (unpaired) electrons. The molecule has 0 unspecified atom stereocenters. The number of anilines is 1. The molecule has 3 heteroatoms. The lowest BCUT2D eigenvalue weighted by Crippen LogP contribution is -2.41. The van der Waals surface area contributed by atoms with E-state index in [4.69, 9.17) is 0 Å². The zero-order valence-corrected chi connectivity index (χ0v) is 12.2. The molecule has 0 bridgehead atoms. The monoisotopic (exact) mass is 248 g/mol. The summed E-state index contributed by atoms with van der Waals surface area (Å²) in [7, 11) is 1.81. The summed E-state index contributed by atoms with van der Waals surface area (Å²) >= 11 is 0. The van der Waals surface area contributed by atoms with Crippen molar-refractivity contribution in [3.63, 3.8) is 0 Å². The number of para-hydroxylation sites is 1. The van der Waals surface area contributed by atoms with Gasteiger partial charge < -0.3 is 5.32 Å². The highest BCUT2D eigenvalue weighted by Crippen LogP contribution is 2.31. The lowest BCUT2D eigenvalue weighted by molar-refractivity contribution is 0.245. The minimum atomic E-state index is -0.0679. The van der Waals surface area contributed by atoms with Crippen molar-refractivity contribution in [1.82, 2.24) is 5.32 Å². The third-order valence-corrected chi connectivity index (χ3v) is 2.79. The highest BCUT2D eigenvalue weighted by atomic mass is 16.2. The summed E-state index contributed by atoms with van der Waals surface area (Å²) in [5, 5.41) is 2.91. The minimum absolute atomic E-state index is 0.0168. The van der Waals surface area contributed by atoms with Crippen LogP contribution in [0.25, 0.3) is 0 Å². The number of hydrogen-bond donors (Lipinski definition) is 1. The van der Waals surface area contributed by atoms with E-state index in [1.165, 1.54) is 5.56 Å². The normalized spacial score (nSPS) is 11.5. The van der Waals surface area contributed by atoms with Gasteiger partial charge in [0.2, 0.25) is 0 Å². The molecule has 1 aromatic rings. The molecule has 0 aliphatic rings. The lowest BCUT2D eigenvalue weighted by atomic mass is 9.85. The van der Waals surface area contributed by atoms with E-state index in [9.17, 15) is 4.79 Å². The van der Waals surface area contributed by atoms with Gasteiger partial charge in [-0.25, -0.2) is 4.79 Å². The molecule has 0 heterocycles. The Bertz CT molecular complexity index is 419. The quantitative estimate of drug-likeness (QED) is 0.853. The van der Waals surface area contributed by atoms with E-state index in [0.717, 1.165) is 5.69 Å². The van der Waals surface area contributed by atoms with Crippen molar-refractivity contribution in [2.75, 3.05) is 11.9 Å². The van der Waals surface area contributed by atoms with Crippen LogP contribution in [0.2, 0.25) is 0 Å². The number of nitrogens with zero attached hydrogens (tertiary/aromatic N) is 1. The van der Waals surface area contributed by atoms with Gasteiger partial charge in [0.15, 0.2) is 0 Å². The first-order valence-electron chi connectivity index (χ1n) is 6.37. The molecular weight excluding hydrogens is 224 g/mol. The lowest BCUT2D eigenvalue weighted by Gasteiger charge is -2.28. The molecule has 0 saturated heterocycles. The number of carbonyl (C=O) groups is 1. The molecule has 100 valence electrons. The first-order chi connectivity index (χ1) is 8.23. The molecule has 0 aliphatic carbocycles. The van der Waals surface area contributed by atoms with Crippen molar-refractivity contribution in [3.8, 4) is 0 Å². The predicted molar refractivity (Wildman–Crippen MR) is 77.2 cm³/mol. The second-order valence-corrected chi connectivity index (χ2v) is 5.93. The SMILES string of the molecule is CC(C)NC(=O)N(C)c1ccccc1C(C)(C)C. The summed E-state index contributed by atoms with van der Waals surface area (Å²) < 4.78 is 0. The highest BCUT2D eigenvalue weighted by Gasteiger charge is 2.22. The van der Waals surface area contributed by atoms with Gasteiger partial charge in [0.25, 0.3) is 0 Å². The molecule has 0 saturated carbocycles. The standard InChI is InChI=1S/C15H24N2O/c1-11(2)16-14(18)17(6)13-10-8-7-9-12(13)15(3,4)5/h7-11H,1-6H3,(H,16,18). The van der Waals surface area contributed by atoms with Gasteiger partial charge in [0, 0.05) is 18.8 Å². The molecule has 0 atom stereocenters. The third-order valence-electron chi connectivity index (χ3n) is 2.79. The van der Waals surface area contributed by atoms with Gasteiger partial charge >= 0.3 is 6.03 Å². The summed E-state index contributed by atoms with van der Waals surface area (Å²) in [6, 6.07) is 8.11. The average Bonchev–Trinajstić information content (AvgIpc) is 2.26. The van der Waals surface area contributed by atoms with Gasteiger partial charge in [0.05, 0.1) is 0 Å². The van der Waals surface area contributed by atoms with Crippen LogP contribution in [0.5, 0.6) is 0 Å². The van der Waals surface area contributed by atoms with E-state index < -0.39 is 0 Å². The zero-order chi connectivity index (χ0) is 13.9. The Hall–Kier alpha value is -1.51. The zero-order valence-electron chi connectivity index (χ0n) is 12.2. The number of benzene rings is 1. The van der Waals surface area contributed by atoms with Gasteiger partial charge in [-0.05, 0) is 30.9 Å². The second kappa shape index (κ2) is 5.42. The Labute approximate surface area is 110 Å². The summed E-state index contributed by atoms with van der Waals surface area (Å²) in [6.45, 7) is 10.4. The number of amides is 2. The fourth-order valence-corrected chi connectivity index (χ4v) is 1.85. The fraction of sp³-hybridized carbons (Fsp3) is 0.533. The molecule has 1 N–H and O–H groups in total.